The fourth-order valence-electron chi connectivity index (χ4n) is 1.25. The number of hydrogen-bond donors (Lipinski definition) is 1. The third-order valence-electron chi connectivity index (χ3n) is 2.08. The van der Waals surface area contributed by atoms with Gasteiger partial charge < -0.3 is 5.32 Å². The van der Waals surface area contributed by atoms with Crippen LogP contribution in [0, 0.1) is 5.82 Å². The molecule has 2 aromatic rings. The molecule has 0 unspecified atom stereocenters. The molecule has 8 heteroatoms. The molecule has 1 aromatic heterocycles. The number of nitrogens with zero attached hydrogens (tertiary/aromatic N) is 1. The number of benzene rings is 1. The van der Waals surface area contributed by atoms with Crippen molar-refractivity contribution in [1.29, 1.82) is 0 Å². The Hall–Kier alpha value is -0.0700. The summed E-state index contributed by atoms with van der Waals surface area (Å²) >= 11 is 21.8. The fraction of sp³-hybridized carbons (Fsp3) is 0.100. The highest BCUT2D eigenvalue weighted by Crippen LogP contribution is 2.37. The zero-order valence-corrected chi connectivity index (χ0v) is 13.3. The molecule has 0 radical (unpaired) electrons. The van der Waals surface area contributed by atoms with Crippen molar-refractivity contribution >= 4 is 67.8 Å². The van der Waals surface area contributed by atoms with Crippen molar-refractivity contribution in [3.63, 3.8) is 0 Å². The number of anilines is 1. The minimum Gasteiger partial charge on any atom is -0.379 e. The second-order valence-electron chi connectivity index (χ2n) is 3.28. The van der Waals surface area contributed by atoms with Gasteiger partial charge in [-0.25, -0.2) is 9.37 Å². The molecule has 0 aliphatic heterocycles. The molecule has 0 saturated heterocycles. The molecule has 0 aliphatic rings. The first-order chi connectivity index (χ1) is 8.49. The van der Waals surface area contributed by atoms with E-state index in [9.17, 15) is 4.39 Å². The SMILES string of the molecule is Fc1c(Cl)cc(NCc2cnc(Cl)s2)c(Br)c1Cl. The summed E-state index contributed by atoms with van der Waals surface area (Å²) in [6, 6.07) is 1.47. The van der Waals surface area contributed by atoms with E-state index in [4.69, 9.17) is 34.8 Å². The molecule has 1 N–H and O–H groups in total. The lowest BCUT2D eigenvalue weighted by Crippen LogP contribution is -1.99. The van der Waals surface area contributed by atoms with Crippen LogP contribution in [-0.2, 0) is 6.54 Å². The molecule has 0 fully saturated rings. The predicted octanol–water partition coefficient (Wildman–Crippen LogP) is 5.62. The molecular weight excluding hydrogens is 385 g/mol. The monoisotopic (exact) mass is 388 g/mol. The summed E-state index contributed by atoms with van der Waals surface area (Å²) in [6.45, 7) is 0.501. The topological polar surface area (TPSA) is 24.9 Å². The number of halogens is 5. The summed E-state index contributed by atoms with van der Waals surface area (Å²) in [4.78, 5) is 4.87. The van der Waals surface area contributed by atoms with E-state index in [1.165, 1.54) is 17.4 Å². The normalized spacial score (nSPS) is 10.7. The Morgan fingerprint density at radius 2 is 2.11 bits per heavy atom. The van der Waals surface area contributed by atoms with Gasteiger partial charge >= 0.3 is 0 Å². The van der Waals surface area contributed by atoms with Crippen LogP contribution in [-0.4, -0.2) is 4.98 Å². The molecule has 96 valence electrons. The van der Waals surface area contributed by atoms with Gasteiger partial charge in [-0.1, -0.05) is 34.8 Å². The molecule has 0 saturated carbocycles. The van der Waals surface area contributed by atoms with Crippen LogP contribution < -0.4 is 5.32 Å². The molecular formula is C10H5BrCl3FN2S. The van der Waals surface area contributed by atoms with Crippen LogP contribution in [0.5, 0.6) is 0 Å². The number of hydrogen-bond acceptors (Lipinski definition) is 3. The first-order valence-electron chi connectivity index (χ1n) is 4.66. The van der Waals surface area contributed by atoms with Crippen LogP contribution in [0.4, 0.5) is 10.1 Å². The summed E-state index contributed by atoms with van der Waals surface area (Å²) in [6.07, 6.45) is 1.67. The lowest BCUT2D eigenvalue weighted by Gasteiger charge is -2.10. The van der Waals surface area contributed by atoms with Crippen molar-refractivity contribution < 1.29 is 4.39 Å². The highest BCUT2D eigenvalue weighted by molar-refractivity contribution is 9.10. The van der Waals surface area contributed by atoms with E-state index in [1.807, 2.05) is 0 Å². The largest absolute Gasteiger partial charge is 0.379 e. The van der Waals surface area contributed by atoms with Gasteiger partial charge in [0.25, 0.3) is 0 Å². The summed E-state index contributed by atoms with van der Waals surface area (Å²) in [7, 11) is 0. The van der Waals surface area contributed by atoms with Gasteiger partial charge in [-0.3, -0.25) is 0 Å². The summed E-state index contributed by atoms with van der Waals surface area (Å²) in [5.74, 6) is -0.642. The molecule has 2 rings (SSSR count). The zero-order valence-electron chi connectivity index (χ0n) is 8.61. The Balaban J connectivity index is 2.19. The highest BCUT2D eigenvalue weighted by Gasteiger charge is 2.14. The maximum absolute atomic E-state index is 13.4. The molecule has 0 bridgehead atoms. The Labute approximate surface area is 130 Å². The number of nitrogens with one attached hydrogen (secondary N) is 1. The van der Waals surface area contributed by atoms with Crippen LogP contribution in [0.3, 0.4) is 0 Å². The van der Waals surface area contributed by atoms with Gasteiger partial charge in [0, 0.05) is 11.1 Å². The molecule has 0 amide bonds. The van der Waals surface area contributed by atoms with Gasteiger partial charge in [0.15, 0.2) is 10.3 Å². The van der Waals surface area contributed by atoms with Gasteiger partial charge in [0.05, 0.1) is 26.8 Å². The van der Waals surface area contributed by atoms with Crippen LogP contribution in [0.15, 0.2) is 16.7 Å². The van der Waals surface area contributed by atoms with E-state index in [0.717, 1.165) is 4.88 Å². The van der Waals surface area contributed by atoms with Crippen molar-refractivity contribution in [3.05, 3.63) is 41.9 Å². The minimum atomic E-state index is -0.642. The molecule has 0 spiro atoms. The fourth-order valence-corrected chi connectivity index (χ4v) is 3.05. The van der Waals surface area contributed by atoms with Crippen molar-refractivity contribution in [1.82, 2.24) is 4.98 Å². The number of aromatic nitrogens is 1. The third-order valence-corrected chi connectivity index (χ3v) is 4.88. The summed E-state index contributed by atoms with van der Waals surface area (Å²) < 4.78 is 14.3. The molecule has 1 heterocycles. The van der Waals surface area contributed by atoms with Crippen molar-refractivity contribution in [2.45, 2.75) is 6.54 Å². The Kier molecular flexibility index (Phi) is 4.72. The maximum atomic E-state index is 13.4. The lowest BCUT2D eigenvalue weighted by molar-refractivity contribution is 0.628. The second kappa shape index (κ2) is 5.92. The van der Waals surface area contributed by atoms with Gasteiger partial charge in [-0.2, -0.15) is 0 Å². The molecule has 2 nitrogen and oxygen atoms in total. The maximum Gasteiger partial charge on any atom is 0.183 e. The van der Waals surface area contributed by atoms with Crippen molar-refractivity contribution in [2.24, 2.45) is 0 Å². The van der Waals surface area contributed by atoms with Crippen LogP contribution in [0.25, 0.3) is 0 Å². The van der Waals surface area contributed by atoms with E-state index >= 15 is 0 Å². The van der Waals surface area contributed by atoms with Crippen molar-refractivity contribution in [3.8, 4) is 0 Å². The highest BCUT2D eigenvalue weighted by atomic mass is 79.9. The van der Waals surface area contributed by atoms with E-state index in [2.05, 4.69) is 26.2 Å². The standard InChI is InChI=1S/C10H5BrCl3FN2S/c11-7-6(1-5(12)9(15)8(7)13)16-2-4-3-17-10(14)18-4/h1,3,16H,2H2. The minimum absolute atomic E-state index is 0.0342. The van der Waals surface area contributed by atoms with E-state index < -0.39 is 5.82 Å². The molecule has 0 aliphatic carbocycles. The Bertz CT molecular complexity index is 591. The first-order valence-corrected chi connectivity index (χ1v) is 7.40. The van der Waals surface area contributed by atoms with Crippen LogP contribution in [0.2, 0.25) is 14.5 Å². The van der Waals surface area contributed by atoms with E-state index in [-0.39, 0.29) is 10.0 Å². The lowest BCUT2D eigenvalue weighted by atomic mass is 10.3. The first kappa shape index (κ1) is 14.3. The smallest absolute Gasteiger partial charge is 0.183 e. The number of thiazole rings is 1. The zero-order chi connectivity index (χ0) is 13.3. The Morgan fingerprint density at radius 3 is 2.72 bits per heavy atom. The second-order valence-corrected chi connectivity index (χ2v) is 6.56. The van der Waals surface area contributed by atoms with E-state index in [1.54, 1.807) is 6.20 Å². The summed E-state index contributed by atoms with van der Waals surface area (Å²) in [5.41, 5.74) is 0.607. The molecule has 1 aromatic carbocycles. The summed E-state index contributed by atoms with van der Waals surface area (Å²) in [5, 5.41) is 3.00. The van der Waals surface area contributed by atoms with Gasteiger partial charge in [-0.05, 0) is 22.0 Å². The quantitative estimate of drug-likeness (QED) is 0.544. The molecule has 0 atom stereocenters. The molecule has 18 heavy (non-hydrogen) atoms. The average molecular weight is 390 g/mol. The predicted molar refractivity (Wildman–Crippen MR) is 78.6 cm³/mol. The van der Waals surface area contributed by atoms with Crippen molar-refractivity contribution in [2.75, 3.05) is 5.32 Å². The van der Waals surface area contributed by atoms with Gasteiger partial charge in [0.2, 0.25) is 0 Å². The average Bonchev–Trinajstić information content (AvgIpc) is 2.75. The Morgan fingerprint density at radius 1 is 1.39 bits per heavy atom. The van der Waals surface area contributed by atoms with E-state index in [0.29, 0.717) is 21.2 Å². The van der Waals surface area contributed by atoms with Gasteiger partial charge in [-0.15, -0.1) is 11.3 Å². The number of rotatable bonds is 3. The van der Waals surface area contributed by atoms with Crippen LogP contribution >= 0.6 is 62.1 Å². The van der Waals surface area contributed by atoms with Crippen LogP contribution in [0.1, 0.15) is 4.88 Å². The third kappa shape index (κ3) is 3.08. The van der Waals surface area contributed by atoms with Gasteiger partial charge in [0.1, 0.15) is 0 Å².